The number of pyridine rings is 1. The summed E-state index contributed by atoms with van der Waals surface area (Å²) in [6.45, 7) is 1.81. The van der Waals surface area contributed by atoms with Gasteiger partial charge in [0.2, 0.25) is 10.9 Å². The highest BCUT2D eigenvalue weighted by molar-refractivity contribution is 7.15. The van der Waals surface area contributed by atoms with Crippen LogP contribution in [0.1, 0.15) is 32.7 Å². The molecule has 27 heavy (non-hydrogen) atoms. The van der Waals surface area contributed by atoms with Crippen molar-refractivity contribution in [3.8, 4) is 0 Å². The number of hydrogen-bond acceptors (Lipinski definition) is 7. The van der Waals surface area contributed by atoms with E-state index < -0.39 is 11.9 Å². The van der Waals surface area contributed by atoms with Crippen LogP contribution in [-0.2, 0) is 0 Å². The van der Waals surface area contributed by atoms with Crippen molar-refractivity contribution in [3.05, 3.63) is 80.9 Å². The Bertz CT molecular complexity index is 1250. The molecule has 1 unspecified atom stereocenters. The molecule has 1 amide bonds. The second kappa shape index (κ2) is 5.82. The molecule has 0 fully saturated rings. The molecule has 0 bridgehead atoms. The molecule has 0 N–H and O–H groups in total. The first-order valence-corrected chi connectivity index (χ1v) is 9.06. The molecular weight excluding hydrogens is 364 g/mol. The predicted octanol–water partition coefficient (Wildman–Crippen LogP) is 3.10. The van der Waals surface area contributed by atoms with Crippen LogP contribution in [-0.4, -0.2) is 21.1 Å². The molecular formula is C19H12N4O3S. The lowest BCUT2D eigenvalue weighted by Crippen LogP contribution is -2.29. The van der Waals surface area contributed by atoms with Gasteiger partial charge in [-0.2, -0.15) is 0 Å². The zero-order chi connectivity index (χ0) is 18.5. The zero-order valence-electron chi connectivity index (χ0n) is 14.1. The third kappa shape index (κ3) is 2.30. The molecule has 0 saturated heterocycles. The molecule has 4 heterocycles. The van der Waals surface area contributed by atoms with Crippen LogP contribution in [0.25, 0.3) is 11.0 Å². The number of carbonyl (C=O) groups excluding carboxylic acids is 1. The lowest BCUT2D eigenvalue weighted by Gasteiger charge is -2.21. The van der Waals surface area contributed by atoms with Crippen LogP contribution in [0.2, 0.25) is 0 Å². The average Bonchev–Trinajstić information content (AvgIpc) is 3.24. The van der Waals surface area contributed by atoms with Crippen LogP contribution in [0.3, 0.4) is 0 Å². The Morgan fingerprint density at radius 3 is 2.70 bits per heavy atom. The number of para-hydroxylation sites is 1. The second-order valence-corrected chi connectivity index (χ2v) is 7.30. The number of hydrogen-bond donors (Lipinski definition) is 0. The quantitative estimate of drug-likeness (QED) is 0.534. The molecule has 7 nitrogen and oxygen atoms in total. The first-order valence-electron chi connectivity index (χ1n) is 8.24. The minimum absolute atomic E-state index is 0.0420. The largest absolute Gasteiger partial charge is 0.450 e. The molecule has 0 spiro atoms. The normalized spacial score (nSPS) is 16.1. The second-order valence-electron chi connectivity index (χ2n) is 6.14. The van der Waals surface area contributed by atoms with Crippen molar-refractivity contribution in [2.45, 2.75) is 13.0 Å². The molecule has 1 aliphatic heterocycles. The van der Waals surface area contributed by atoms with Crippen molar-refractivity contribution >= 4 is 33.3 Å². The van der Waals surface area contributed by atoms with Crippen LogP contribution in [0, 0.1) is 6.92 Å². The number of anilines is 1. The highest BCUT2D eigenvalue weighted by Gasteiger charge is 2.45. The van der Waals surface area contributed by atoms with Crippen molar-refractivity contribution < 1.29 is 9.21 Å². The van der Waals surface area contributed by atoms with Crippen LogP contribution in [0.5, 0.6) is 0 Å². The Morgan fingerprint density at radius 1 is 1.11 bits per heavy atom. The van der Waals surface area contributed by atoms with Gasteiger partial charge in [0.25, 0.3) is 5.91 Å². The van der Waals surface area contributed by atoms with E-state index in [2.05, 4.69) is 15.2 Å². The summed E-state index contributed by atoms with van der Waals surface area (Å²) in [7, 11) is 0. The topological polar surface area (TPSA) is 89.2 Å². The fourth-order valence-electron chi connectivity index (χ4n) is 3.35. The summed E-state index contributed by atoms with van der Waals surface area (Å²) >= 11 is 1.29. The summed E-state index contributed by atoms with van der Waals surface area (Å²) in [5.74, 6) is -0.363. The molecule has 132 valence electrons. The third-order valence-corrected chi connectivity index (χ3v) is 5.34. The smallest absolute Gasteiger partial charge is 0.297 e. The SMILES string of the molecule is Cc1nnc(N2C(=O)c3oc4ccccc4c(=O)c3C2c2cccnc2)s1. The van der Waals surface area contributed by atoms with Crippen LogP contribution >= 0.6 is 11.3 Å². The number of aryl methyl sites for hydroxylation is 1. The van der Waals surface area contributed by atoms with Gasteiger partial charge >= 0.3 is 0 Å². The first-order chi connectivity index (χ1) is 13.1. The standard InChI is InChI=1S/C19H12N4O3S/c1-10-21-22-19(27-10)23-15(11-5-4-8-20-9-11)14-16(24)12-6-2-3-7-13(12)26-17(14)18(23)25/h2-9,15H,1H3. The number of rotatable bonds is 2. The van der Waals surface area contributed by atoms with Gasteiger partial charge in [-0.1, -0.05) is 29.5 Å². The highest BCUT2D eigenvalue weighted by atomic mass is 32.1. The van der Waals surface area contributed by atoms with Gasteiger partial charge in [-0.05, 0) is 30.7 Å². The van der Waals surface area contributed by atoms with Crippen molar-refractivity contribution in [3.63, 3.8) is 0 Å². The maximum atomic E-state index is 13.2. The van der Waals surface area contributed by atoms with Crippen LogP contribution in [0.4, 0.5) is 5.13 Å². The van der Waals surface area contributed by atoms with E-state index in [1.807, 2.05) is 13.0 Å². The summed E-state index contributed by atoms with van der Waals surface area (Å²) in [5.41, 5.74) is 1.17. The lowest BCUT2D eigenvalue weighted by atomic mass is 10.0. The van der Waals surface area contributed by atoms with Gasteiger partial charge in [0.15, 0.2) is 5.43 Å². The third-order valence-electron chi connectivity index (χ3n) is 4.50. The summed E-state index contributed by atoms with van der Waals surface area (Å²) in [4.78, 5) is 32.1. The van der Waals surface area contributed by atoms with Gasteiger partial charge in [-0.25, -0.2) is 0 Å². The molecule has 4 aromatic rings. The van der Waals surface area contributed by atoms with Crippen LogP contribution in [0.15, 0.2) is 58.0 Å². The van der Waals surface area contributed by atoms with E-state index in [-0.39, 0.29) is 11.2 Å². The highest BCUT2D eigenvalue weighted by Crippen LogP contribution is 2.41. The number of carbonyl (C=O) groups is 1. The number of fused-ring (bicyclic) bond motifs is 2. The number of nitrogens with zero attached hydrogens (tertiary/aromatic N) is 4. The minimum Gasteiger partial charge on any atom is -0.450 e. The number of amides is 1. The zero-order valence-corrected chi connectivity index (χ0v) is 14.9. The summed E-state index contributed by atoms with van der Waals surface area (Å²) < 4.78 is 5.85. The first kappa shape index (κ1) is 15.8. The molecule has 1 aromatic carbocycles. The van der Waals surface area contributed by atoms with Crippen molar-refractivity contribution in [2.75, 3.05) is 4.90 Å². The molecule has 0 radical (unpaired) electrons. The van der Waals surface area contributed by atoms with Gasteiger partial charge in [0, 0.05) is 12.4 Å². The van der Waals surface area contributed by atoms with Gasteiger partial charge in [-0.3, -0.25) is 19.5 Å². The van der Waals surface area contributed by atoms with Gasteiger partial charge < -0.3 is 4.42 Å². The van der Waals surface area contributed by atoms with E-state index in [1.165, 1.54) is 16.2 Å². The molecule has 1 aliphatic rings. The Hall–Kier alpha value is -3.39. The lowest BCUT2D eigenvalue weighted by molar-refractivity contribution is 0.0970. The Morgan fingerprint density at radius 2 is 1.96 bits per heavy atom. The average molecular weight is 376 g/mol. The molecule has 0 saturated carbocycles. The van der Waals surface area contributed by atoms with E-state index >= 15 is 0 Å². The van der Waals surface area contributed by atoms with E-state index in [1.54, 1.807) is 42.7 Å². The predicted molar refractivity (Wildman–Crippen MR) is 100 cm³/mol. The van der Waals surface area contributed by atoms with Crippen molar-refractivity contribution in [1.29, 1.82) is 0 Å². The van der Waals surface area contributed by atoms with Gasteiger partial charge in [0.05, 0.1) is 17.0 Å². The van der Waals surface area contributed by atoms with Crippen molar-refractivity contribution in [2.24, 2.45) is 0 Å². The fraction of sp³-hybridized carbons (Fsp3) is 0.105. The number of benzene rings is 1. The summed E-state index contributed by atoms with van der Waals surface area (Å²) in [6.07, 6.45) is 3.28. The maximum absolute atomic E-state index is 13.2. The minimum atomic E-state index is -0.658. The van der Waals surface area contributed by atoms with Gasteiger partial charge in [0.1, 0.15) is 10.6 Å². The fourth-order valence-corrected chi connectivity index (χ4v) is 4.07. The van der Waals surface area contributed by atoms with E-state index in [4.69, 9.17) is 4.42 Å². The number of aromatic nitrogens is 3. The Balaban J connectivity index is 1.84. The van der Waals surface area contributed by atoms with Crippen molar-refractivity contribution in [1.82, 2.24) is 15.2 Å². The molecule has 3 aromatic heterocycles. The Labute approximate surface area is 156 Å². The van der Waals surface area contributed by atoms with Gasteiger partial charge in [-0.15, -0.1) is 10.2 Å². The molecule has 1 atom stereocenters. The summed E-state index contributed by atoms with van der Waals surface area (Å²) in [6, 6.07) is 9.86. The van der Waals surface area contributed by atoms with E-state index in [0.717, 1.165) is 5.01 Å². The van der Waals surface area contributed by atoms with E-state index in [0.29, 0.717) is 27.2 Å². The Kier molecular flexibility index (Phi) is 3.41. The molecule has 5 rings (SSSR count). The summed E-state index contributed by atoms with van der Waals surface area (Å²) in [5, 5.41) is 9.71. The monoisotopic (exact) mass is 376 g/mol. The maximum Gasteiger partial charge on any atom is 0.297 e. The molecule has 0 aliphatic carbocycles. The molecule has 8 heteroatoms. The van der Waals surface area contributed by atoms with E-state index in [9.17, 15) is 9.59 Å². The van der Waals surface area contributed by atoms with Crippen LogP contribution < -0.4 is 10.3 Å².